The Balaban J connectivity index is 0. The summed E-state index contributed by atoms with van der Waals surface area (Å²) in [7, 11) is 0. The molecule has 5 N–H and O–H groups in total. The van der Waals surface area contributed by atoms with E-state index in [-0.39, 0.29) is 12.4 Å². The zero-order valence-corrected chi connectivity index (χ0v) is 6.88. The molecule has 5 heteroatoms. The van der Waals surface area contributed by atoms with Crippen LogP contribution in [0.1, 0.15) is 6.42 Å². The minimum absolute atomic E-state index is 0. The highest BCUT2D eigenvalue weighted by Gasteiger charge is 2.09. The molecule has 4 nitrogen and oxygen atoms in total. The van der Waals surface area contributed by atoms with Crippen molar-refractivity contribution in [1.29, 1.82) is 0 Å². The predicted molar refractivity (Wildman–Crippen MR) is 45.1 cm³/mol. The van der Waals surface area contributed by atoms with Gasteiger partial charge in [0, 0.05) is 0 Å². The topological polar surface area (TPSA) is 89.3 Å². The number of carboxylic acids is 1. The molecule has 0 saturated heterocycles. The molecule has 66 valence electrons. The van der Waals surface area contributed by atoms with Crippen molar-refractivity contribution in [2.75, 3.05) is 6.54 Å². The number of unbranched alkanes of at least 4 members (excludes halogenated alkanes) is 1. The van der Waals surface area contributed by atoms with Crippen LogP contribution in [0.2, 0.25) is 0 Å². The third-order valence-corrected chi connectivity index (χ3v) is 1.01. The maximum atomic E-state index is 10.1. The first-order valence-electron chi connectivity index (χ1n) is 3.02. The fourth-order valence-corrected chi connectivity index (χ4v) is 0.440. The lowest BCUT2D eigenvalue weighted by Crippen LogP contribution is -2.30. The Morgan fingerprint density at radius 1 is 1.55 bits per heavy atom. The molecule has 0 aliphatic heterocycles. The standard InChI is InChI=1S/C6H12N2O2.ClH/c7-4-2-1-3-5(8)6(9)10;/h1-2,5H,3-4,7-8H2,(H,9,10);1H. The molecule has 1 unspecified atom stereocenters. The smallest absolute Gasteiger partial charge is 0.320 e. The third-order valence-electron chi connectivity index (χ3n) is 1.01. The van der Waals surface area contributed by atoms with E-state index >= 15 is 0 Å². The van der Waals surface area contributed by atoms with Gasteiger partial charge >= 0.3 is 5.97 Å². The first kappa shape index (κ1) is 13.3. The average Bonchev–Trinajstić information content (AvgIpc) is 1.88. The summed E-state index contributed by atoms with van der Waals surface area (Å²) in [5, 5.41) is 8.29. The van der Waals surface area contributed by atoms with Crippen molar-refractivity contribution >= 4 is 18.4 Å². The number of halogens is 1. The fourth-order valence-electron chi connectivity index (χ4n) is 0.440. The van der Waals surface area contributed by atoms with Gasteiger partial charge in [-0.05, 0) is 25.8 Å². The summed E-state index contributed by atoms with van der Waals surface area (Å²) in [6.45, 7) is 0.423. The molecule has 0 aromatic heterocycles. The minimum atomic E-state index is -0.985. The van der Waals surface area contributed by atoms with E-state index in [0.717, 1.165) is 0 Å². The van der Waals surface area contributed by atoms with Crippen molar-refractivity contribution in [3.63, 3.8) is 0 Å². The lowest BCUT2D eigenvalue weighted by Gasteiger charge is -2.03. The maximum absolute atomic E-state index is 10.1. The molecule has 11 heavy (non-hydrogen) atoms. The molecule has 0 aliphatic rings. The van der Waals surface area contributed by atoms with E-state index in [9.17, 15) is 4.79 Å². The van der Waals surface area contributed by atoms with Crippen molar-refractivity contribution in [2.45, 2.75) is 12.5 Å². The molecule has 0 saturated carbocycles. The van der Waals surface area contributed by atoms with E-state index in [2.05, 4.69) is 0 Å². The van der Waals surface area contributed by atoms with Gasteiger partial charge in [-0.1, -0.05) is 0 Å². The van der Waals surface area contributed by atoms with Crippen LogP contribution in [0.25, 0.3) is 0 Å². The fraction of sp³-hybridized carbons (Fsp3) is 0.500. The number of hydrogen-bond donors (Lipinski definition) is 3. The molecule has 0 fully saturated rings. The first-order valence-corrected chi connectivity index (χ1v) is 3.02. The Morgan fingerprint density at radius 3 is 2.45 bits per heavy atom. The summed E-state index contributed by atoms with van der Waals surface area (Å²) in [6, 6.07) is -0.803. The van der Waals surface area contributed by atoms with Crippen LogP contribution in [-0.4, -0.2) is 23.7 Å². The SMILES string of the molecule is Cl.NC[CH][CH]CC(N)C(=O)O. The third kappa shape index (κ3) is 7.58. The van der Waals surface area contributed by atoms with Crippen LogP contribution in [0.3, 0.4) is 0 Å². The Labute approximate surface area is 72.4 Å². The van der Waals surface area contributed by atoms with Gasteiger partial charge in [-0.3, -0.25) is 4.79 Å². The molecule has 0 bridgehead atoms. The molecular formula is C6H13ClN2O2. The van der Waals surface area contributed by atoms with Gasteiger partial charge in [-0.25, -0.2) is 0 Å². The second kappa shape index (κ2) is 7.78. The first-order chi connectivity index (χ1) is 4.68. The number of aliphatic carboxylic acids is 1. The Hall–Kier alpha value is -0.320. The van der Waals surface area contributed by atoms with Crippen LogP contribution in [0.5, 0.6) is 0 Å². The van der Waals surface area contributed by atoms with E-state index in [1.807, 2.05) is 0 Å². The van der Waals surface area contributed by atoms with Gasteiger partial charge in [0.25, 0.3) is 0 Å². The summed E-state index contributed by atoms with van der Waals surface area (Å²) in [5.74, 6) is -0.985. The van der Waals surface area contributed by atoms with Crippen LogP contribution in [0.4, 0.5) is 0 Å². The zero-order valence-electron chi connectivity index (χ0n) is 6.06. The van der Waals surface area contributed by atoms with Crippen molar-refractivity contribution < 1.29 is 9.90 Å². The highest BCUT2D eigenvalue weighted by molar-refractivity contribution is 5.85. The predicted octanol–water partition coefficient (Wildman–Crippen LogP) is -0.423. The van der Waals surface area contributed by atoms with Crippen molar-refractivity contribution in [2.24, 2.45) is 11.5 Å². The molecule has 0 amide bonds. The molecule has 0 rings (SSSR count). The molecule has 0 aromatic carbocycles. The second-order valence-electron chi connectivity index (χ2n) is 1.89. The van der Waals surface area contributed by atoms with Crippen LogP contribution in [-0.2, 0) is 4.79 Å². The van der Waals surface area contributed by atoms with Gasteiger partial charge in [0.1, 0.15) is 6.04 Å². The molecule has 2 radical (unpaired) electrons. The molecule has 0 heterocycles. The monoisotopic (exact) mass is 180 g/mol. The van der Waals surface area contributed by atoms with Crippen LogP contribution in [0.15, 0.2) is 0 Å². The second-order valence-corrected chi connectivity index (χ2v) is 1.89. The quantitative estimate of drug-likeness (QED) is 0.502. The number of carboxylic acid groups (broad SMARTS) is 1. The van der Waals surface area contributed by atoms with Crippen molar-refractivity contribution in [1.82, 2.24) is 0 Å². The Kier molecular flexibility index (Phi) is 9.40. The summed E-state index contributed by atoms with van der Waals surface area (Å²) >= 11 is 0. The zero-order chi connectivity index (χ0) is 7.98. The number of hydrogen-bond acceptors (Lipinski definition) is 3. The van der Waals surface area contributed by atoms with Gasteiger partial charge in [0.15, 0.2) is 0 Å². The number of rotatable bonds is 5. The van der Waals surface area contributed by atoms with Gasteiger partial charge in [0.05, 0.1) is 0 Å². The summed E-state index contributed by atoms with van der Waals surface area (Å²) in [5.41, 5.74) is 10.3. The van der Waals surface area contributed by atoms with E-state index in [1.54, 1.807) is 12.8 Å². The van der Waals surface area contributed by atoms with Crippen molar-refractivity contribution in [3.8, 4) is 0 Å². The highest BCUT2D eigenvalue weighted by atomic mass is 35.5. The van der Waals surface area contributed by atoms with E-state index in [0.29, 0.717) is 13.0 Å². The summed E-state index contributed by atoms with van der Waals surface area (Å²) in [4.78, 5) is 10.1. The van der Waals surface area contributed by atoms with E-state index in [4.69, 9.17) is 16.6 Å². The summed E-state index contributed by atoms with van der Waals surface area (Å²) in [6.07, 6.45) is 3.69. The van der Waals surface area contributed by atoms with E-state index < -0.39 is 12.0 Å². The Bertz CT molecular complexity index is 111. The van der Waals surface area contributed by atoms with Crippen LogP contribution in [0, 0.1) is 12.8 Å². The highest BCUT2D eigenvalue weighted by Crippen LogP contribution is 1.94. The molecule has 0 spiro atoms. The largest absolute Gasteiger partial charge is 0.480 e. The minimum Gasteiger partial charge on any atom is -0.480 e. The maximum Gasteiger partial charge on any atom is 0.320 e. The van der Waals surface area contributed by atoms with Gasteiger partial charge in [-0.15, -0.1) is 12.4 Å². The van der Waals surface area contributed by atoms with Gasteiger partial charge < -0.3 is 16.6 Å². The van der Waals surface area contributed by atoms with E-state index in [1.165, 1.54) is 0 Å². The normalized spacial score (nSPS) is 11.8. The summed E-state index contributed by atoms with van der Waals surface area (Å²) < 4.78 is 0. The lowest BCUT2D eigenvalue weighted by atomic mass is 10.1. The average molecular weight is 181 g/mol. The molecule has 0 aliphatic carbocycles. The van der Waals surface area contributed by atoms with Gasteiger partial charge in [-0.2, -0.15) is 0 Å². The molecular weight excluding hydrogens is 168 g/mol. The Morgan fingerprint density at radius 2 is 2.09 bits per heavy atom. The molecule has 0 aromatic rings. The van der Waals surface area contributed by atoms with Crippen LogP contribution >= 0.6 is 12.4 Å². The molecule has 1 atom stereocenters. The lowest BCUT2D eigenvalue weighted by molar-refractivity contribution is -0.138. The number of carbonyl (C=O) groups is 1. The van der Waals surface area contributed by atoms with Gasteiger partial charge in [0.2, 0.25) is 0 Å². The van der Waals surface area contributed by atoms with Crippen molar-refractivity contribution in [3.05, 3.63) is 12.8 Å². The number of nitrogens with two attached hydrogens (primary N) is 2. The van der Waals surface area contributed by atoms with Crippen LogP contribution < -0.4 is 11.5 Å².